The fourth-order valence-electron chi connectivity index (χ4n) is 1.71. The lowest BCUT2D eigenvalue weighted by Gasteiger charge is -2.14. The summed E-state index contributed by atoms with van der Waals surface area (Å²) >= 11 is 1.52. The van der Waals surface area contributed by atoms with Gasteiger partial charge in [-0.15, -0.1) is 10.2 Å². The van der Waals surface area contributed by atoms with Gasteiger partial charge in [-0.3, -0.25) is 4.79 Å². The first-order valence-corrected chi connectivity index (χ1v) is 6.80. The van der Waals surface area contributed by atoms with Gasteiger partial charge in [0.25, 0.3) is 0 Å². The molecular formula is C13H16N4OS. The first-order chi connectivity index (χ1) is 9.04. The molecule has 2 N–H and O–H groups in total. The molecule has 1 aromatic heterocycles. The Balaban J connectivity index is 2.10. The maximum atomic E-state index is 11.0. The first kappa shape index (κ1) is 13.5. The number of aromatic nitrogens is 2. The predicted molar refractivity (Wildman–Crippen MR) is 77.4 cm³/mol. The average Bonchev–Trinajstić information content (AvgIpc) is 2.74. The summed E-state index contributed by atoms with van der Waals surface area (Å²) in [5, 5.41) is 15.8. The number of hydrogen-bond donors (Lipinski definition) is 2. The van der Waals surface area contributed by atoms with Crippen LogP contribution in [0.15, 0.2) is 24.3 Å². The van der Waals surface area contributed by atoms with E-state index in [-0.39, 0.29) is 11.9 Å². The van der Waals surface area contributed by atoms with Gasteiger partial charge in [-0.05, 0) is 31.5 Å². The van der Waals surface area contributed by atoms with Crippen molar-refractivity contribution in [3.63, 3.8) is 0 Å². The van der Waals surface area contributed by atoms with E-state index >= 15 is 0 Å². The van der Waals surface area contributed by atoms with Gasteiger partial charge in [0.2, 0.25) is 11.0 Å². The molecule has 5 nitrogen and oxygen atoms in total. The van der Waals surface area contributed by atoms with Gasteiger partial charge < -0.3 is 10.6 Å². The molecule has 2 rings (SSSR count). The zero-order valence-electron chi connectivity index (χ0n) is 11.1. The summed E-state index contributed by atoms with van der Waals surface area (Å²) < 4.78 is 0. The van der Waals surface area contributed by atoms with Crippen molar-refractivity contribution in [3.8, 4) is 0 Å². The first-order valence-electron chi connectivity index (χ1n) is 5.99. The van der Waals surface area contributed by atoms with Crippen molar-refractivity contribution in [2.45, 2.75) is 26.8 Å². The predicted octanol–water partition coefficient (Wildman–Crippen LogP) is 2.98. The summed E-state index contributed by atoms with van der Waals surface area (Å²) in [7, 11) is 0. The molecule has 6 heteroatoms. The Kier molecular flexibility index (Phi) is 4.11. The minimum absolute atomic E-state index is 0.0717. The second-order valence-corrected chi connectivity index (χ2v) is 5.48. The molecule has 0 saturated carbocycles. The third-order valence-corrected chi connectivity index (χ3v) is 3.34. The van der Waals surface area contributed by atoms with Gasteiger partial charge in [-0.25, -0.2) is 0 Å². The van der Waals surface area contributed by atoms with Gasteiger partial charge in [0.15, 0.2) is 0 Å². The highest BCUT2D eigenvalue weighted by Gasteiger charge is 2.09. The molecule has 1 unspecified atom stereocenters. The van der Waals surface area contributed by atoms with Crippen LogP contribution < -0.4 is 10.6 Å². The molecule has 1 amide bonds. The normalized spacial score (nSPS) is 11.9. The van der Waals surface area contributed by atoms with E-state index in [0.717, 1.165) is 21.4 Å². The number of nitrogens with one attached hydrogen (secondary N) is 2. The summed E-state index contributed by atoms with van der Waals surface area (Å²) in [4.78, 5) is 11.0. The lowest BCUT2D eigenvalue weighted by atomic mass is 10.1. The SMILES string of the molecule is CC(=O)Nc1cccc(C(C)Nc2nnc(C)s2)c1. The maximum Gasteiger partial charge on any atom is 0.221 e. The summed E-state index contributed by atoms with van der Waals surface area (Å²) in [6.07, 6.45) is 0. The quantitative estimate of drug-likeness (QED) is 0.901. The van der Waals surface area contributed by atoms with Crippen LogP contribution in [0.3, 0.4) is 0 Å². The number of hydrogen-bond acceptors (Lipinski definition) is 5. The van der Waals surface area contributed by atoms with Gasteiger partial charge in [0, 0.05) is 12.6 Å². The monoisotopic (exact) mass is 276 g/mol. The van der Waals surface area contributed by atoms with Crippen molar-refractivity contribution in [1.82, 2.24) is 10.2 Å². The molecule has 0 spiro atoms. The maximum absolute atomic E-state index is 11.0. The van der Waals surface area contributed by atoms with Crippen LogP contribution in [0.1, 0.15) is 30.5 Å². The van der Waals surface area contributed by atoms with Crippen LogP contribution in [-0.2, 0) is 4.79 Å². The molecule has 1 heterocycles. The largest absolute Gasteiger partial charge is 0.354 e. The second kappa shape index (κ2) is 5.79. The smallest absolute Gasteiger partial charge is 0.221 e. The standard InChI is InChI=1S/C13H16N4OS/c1-8(14-13-17-16-10(3)19-13)11-5-4-6-12(7-11)15-9(2)18/h4-8H,1-3H3,(H,14,17)(H,15,18). The molecule has 1 aromatic carbocycles. The highest BCUT2D eigenvalue weighted by molar-refractivity contribution is 7.15. The number of nitrogens with zero attached hydrogens (tertiary/aromatic N) is 2. The van der Waals surface area contributed by atoms with Gasteiger partial charge in [-0.1, -0.05) is 23.5 Å². The molecule has 0 fully saturated rings. The number of rotatable bonds is 4. The third-order valence-electron chi connectivity index (χ3n) is 2.57. The molecule has 0 saturated heterocycles. The van der Waals surface area contributed by atoms with E-state index < -0.39 is 0 Å². The lowest BCUT2D eigenvalue weighted by Crippen LogP contribution is -2.09. The van der Waals surface area contributed by atoms with Crippen molar-refractivity contribution < 1.29 is 4.79 Å². The average molecular weight is 276 g/mol. The molecule has 0 aliphatic rings. The molecule has 100 valence electrons. The second-order valence-electron chi connectivity index (χ2n) is 4.30. The van der Waals surface area contributed by atoms with Crippen LogP contribution in [0.5, 0.6) is 0 Å². The zero-order chi connectivity index (χ0) is 13.8. The van der Waals surface area contributed by atoms with E-state index in [0.29, 0.717) is 0 Å². The number of carbonyl (C=O) groups is 1. The van der Waals surface area contributed by atoms with Crippen molar-refractivity contribution in [3.05, 3.63) is 34.8 Å². The minimum Gasteiger partial charge on any atom is -0.354 e. The molecule has 0 aliphatic heterocycles. The Hall–Kier alpha value is -1.95. The van der Waals surface area contributed by atoms with E-state index in [4.69, 9.17) is 0 Å². The van der Waals surface area contributed by atoms with Crippen LogP contribution in [0, 0.1) is 6.92 Å². The molecule has 19 heavy (non-hydrogen) atoms. The topological polar surface area (TPSA) is 66.9 Å². The van der Waals surface area contributed by atoms with E-state index in [2.05, 4.69) is 20.8 Å². The van der Waals surface area contributed by atoms with Crippen LogP contribution >= 0.6 is 11.3 Å². The van der Waals surface area contributed by atoms with Crippen molar-refractivity contribution in [1.29, 1.82) is 0 Å². The summed E-state index contributed by atoms with van der Waals surface area (Å²) in [6.45, 7) is 5.47. The van der Waals surface area contributed by atoms with Crippen LogP contribution in [0.4, 0.5) is 10.8 Å². The minimum atomic E-state index is -0.0717. The lowest BCUT2D eigenvalue weighted by molar-refractivity contribution is -0.114. The van der Waals surface area contributed by atoms with Crippen molar-refractivity contribution in [2.24, 2.45) is 0 Å². The number of aryl methyl sites for hydroxylation is 1. The number of carbonyl (C=O) groups excluding carboxylic acids is 1. The van der Waals surface area contributed by atoms with Gasteiger partial charge in [0.05, 0.1) is 6.04 Å². The van der Waals surface area contributed by atoms with Crippen LogP contribution in [0.2, 0.25) is 0 Å². The Morgan fingerprint density at radius 2 is 2.16 bits per heavy atom. The Labute approximate surface area is 116 Å². The van der Waals surface area contributed by atoms with Crippen molar-refractivity contribution in [2.75, 3.05) is 10.6 Å². The third kappa shape index (κ3) is 3.75. The summed E-state index contributed by atoms with van der Waals surface area (Å²) in [5.74, 6) is -0.0717. The van der Waals surface area contributed by atoms with Gasteiger partial charge in [-0.2, -0.15) is 0 Å². The van der Waals surface area contributed by atoms with Gasteiger partial charge >= 0.3 is 0 Å². The van der Waals surface area contributed by atoms with E-state index in [1.807, 2.05) is 38.1 Å². The fraction of sp³-hybridized carbons (Fsp3) is 0.308. The van der Waals surface area contributed by atoms with E-state index in [1.165, 1.54) is 18.3 Å². The van der Waals surface area contributed by atoms with Crippen LogP contribution in [0.25, 0.3) is 0 Å². The van der Waals surface area contributed by atoms with Gasteiger partial charge in [0.1, 0.15) is 5.01 Å². The Morgan fingerprint density at radius 1 is 1.37 bits per heavy atom. The van der Waals surface area contributed by atoms with E-state index in [9.17, 15) is 4.79 Å². The molecule has 0 bridgehead atoms. The van der Waals surface area contributed by atoms with Crippen LogP contribution in [-0.4, -0.2) is 16.1 Å². The fourth-order valence-corrected chi connectivity index (χ4v) is 2.39. The molecule has 0 radical (unpaired) electrons. The molecular weight excluding hydrogens is 260 g/mol. The summed E-state index contributed by atoms with van der Waals surface area (Å²) in [6, 6.07) is 7.85. The Bertz CT molecular complexity index is 582. The number of amides is 1. The zero-order valence-corrected chi connectivity index (χ0v) is 11.9. The van der Waals surface area contributed by atoms with E-state index in [1.54, 1.807) is 0 Å². The highest BCUT2D eigenvalue weighted by atomic mass is 32.1. The summed E-state index contributed by atoms with van der Waals surface area (Å²) in [5.41, 5.74) is 1.88. The molecule has 1 atom stereocenters. The highest BCUT2D eigenvalue weighted by Crippen LogP contribution is 2.23. The Morgan fingerprint density at radius 3 is 2.79 bits per heavy atom. The molecule has 2 aromatic rings. The molecule has 0 aliphatic carbocycles. The number of benzene rings is 1. The van der Waals surface area contributed by atoms with Crippen molar-refractivity contribution >= 4 is 28.1 Å². The number of anilines is 2.